The summed E-state index contributed by atoms with van der Waals surface area (Å²) in [4.78, 5) is 0. The molecule has 1 N–H and O–H groups in total. The molecule has 3 heteroatoms. The molecule has 4 rings (SSSR count). The summed E-state index contributed by atoms with van der Waals surface area (Å²) in [5, 5.41) is 6.05. The lowest BCUT2D eigenvalue weighted by molar-refractivity contribution is 0.0106. The Labute approximate surface area is 167 Å². The van der Waals surface area contributed by atoms with Crippen molar-refractivity contribution in [3.63, 3.8) is 0 Å². The lowest BCUT2D eigenvalue weighted by atomic mass is 9.87. The molecule has 0 aromatic heterocycles. The normalized spacial score (nSPS) is 19.8. The molecule has 1 heterocycles. The first-order valence-electron chi connectivity index (χ1n) is 10.2. The minimum atomic E-state index is 0.199. The van der Waals surface area contributed by atoms with Crippen LogP contribution in [0.1, 0.15) is 29.0 Å². The Kier molecular flexibility index (Phi) is 6.38. The zero-order chi connectivity index (χ0) is 19.2. The zero-order valence-electron chi connectivity index (χ0n) is 16.6. The van der Waals surface area contributed by atoms with E-state index in [2.05, 4.69) is 72.0 Å². The van der Waals surface area contributed by atoms with Gasteiger partial charge in [-0.25, -0.2) is 0 Å². The van der Waals surface area contributed by atoms with Crippen LogP contribution in [0.4, 0.5) is 0 Å². The fourth-order valence-electron chi connectivity index (χ4n) is 4.07. The van der Waals surface area contributed by atoms with Crippen molar-refractivity contribution in [1.29, 1.82) is 0 Å². The maximum absolute atomic E-state index is 6.40. The van der Waals surface area contributed by atoms with Crippen LogP contribution in [-0.2, 0) is 22.5 Å². The molecule has 0 radical (unpaired) electrons. The van der Waals surface area contributed by atoms with Crippen LogP contribution in [0, 0.1) is 0 Å². The molecule has 1 aliphatic rings. The topological polar surface area (TPSA) is 30.5 Å². The van der Waals surface area contributed by atoms with E-state index in [0.717, 1.165) is 32.5 Å². The van der Waals surface area contributed by atoms with E-state index in [9.17, 15) is 0 Å². The minimum absolute atomic E-state index is 0.199. The number of fused-ring (bicyclic) bond motifs is 1. The van der Waals surface area contributed by atoms with Gasteiger partial charge >= 0.3 is 0 Å². The summed E-state index contributed by atoms with van der Waals surface area (Å²) in [6, 6.07) is 24.1. The second-order valence-electron chi connectivity index (χ2n) is 7.61. The number of nitrogens with one attached hydrogen (secondary N) is 1. The maximum atomic E-state index is 6.40. The number of ether oxygens (including phenoxy) is 2. The Morgan fingerprint density at radius 1 is 0.929 bits per heavy atom. The van der Waals surface area contributed by atoms with Crippen molar-refractivity contribution in [2.75, 3.05) is 26.8 Å². The summed E-state index contributed by atoms with van der Waals surface area (Å²) < 4.78 is 11.6. The number of piperidine rings is 1. The second kappa shape index (κ2) is 9.33. The number of methoxy groups -OCH3 is 1. The second-order valence-corrected chi connectivity index (χ2v) is 7.61. The quantitative estimate of drug-likeness (QED) is 0.650. The van der Waals surface area contributed by atoms with Gasteiger partial charge in [-0.3, -0.25) is 0 Å². The molecule has 146 valence electrons. The molecular formula is C25H29NO2. The molecule has 0 saturated carbocycles. The van der Waals surface area contributed by atoms with Gasteiger partial charge in [-0.15, -0.1) is 0 Å². The molecule has 1 fully saturated rings. The molecule has 0 spiro atoms. The van der Waals surface area contributed by atoms with Crippen molar-refractivity contribution >= 4 is 10.8 Å². The minimum Gasteiger partial charge on any atom is -0.384 e. The predicted molar refractivity (Wildman–Crippen MR) is 115 cm³/mol. The van der Waals surface area contributed by atoms with E-state index < -0.39 is 0 Å². The summed E-state index contributed by atoms with van der Waals surface area (Å²) in [5.41, 5.74) is 3.94. The largest absolute Gasteiger partial charge is 0.384 e. The van der Waals surface area contributed by atoms with Crippen molar-refractivity contribution in [3.8, 4) is 0 Å². The van der Waals surface area contributed by atoms with Crippen molar-refractivity contribution < 1.29 is 9.47 Å². The molecule has 2 unspecified atom stereocenters. The molecule has 0 amide bonds. The summed E-state index contributed by atoms with van der Waals surface area (Å²) in [7, 11) is 1.75. The third-order valence-corrected chi connectivity index (χ3v) is 5.71. The predicted octanol–water partition coefficient (Wildman–Crippen LogP) is 4.69. The van der Waals surface area contributed by atoms with Gasteiger partial charge in [0, 0.05) is 19.6 Å². The van der Waals surface area contributed by atoms with Crippen LogP contribution in [-0.4, -0.2) is 32.9 Å². The molecule has 0 aliphatic carbocycles. The fourth-order valence-corrected chi connectivity index (χ4v) is 4.07. The van der Waals surface area contributed by atoms with Gasteiger partial charge in [0.1, 0.15) is 0 Å². The Morgan fingerprint density at radius 3 is 2.54 bits per heavy atom. The Hall–Kier alpha value is -2.20. The number of benzene rings is 3. The summed E-state index contributed by atoms with van der Waals surface area (Å²) in [6.07, 6.45) is 2.27. The maximum Gasteiger partial charge on any atom is 0.0772 e. The number of hydrogen-bond acceptors (Lipinski definition) is 3. The van der Waals surface area contributed by atoms with Gasteiger partial charge in [0.05, 0.1) is 19.3 Å². The highest BCUT2D eigenvalue weighted by molar-refractivity contribution is 5.82. The Morgan fingerprint density at radius 2 is 1.71 bits per heavy atom. The molecule has 1 aliphatic heterocycles. The number of hydrogen-bond donors (Lipinski definition) is 1. The summed E-state index contributed by atoms with van der Waals surface area (Å²) >= 11 is 0. The molecule has 3 aromatic carbocycles. The monoisotopic (exact) mass is 375 g/mol. The Bertz CT molecular complexity index is 890. The van der Waals surface area contributed by atoms with Gasteiger partial charge < -0.3 is 14.8 Å². The van der Waals surface area contributed by atoms with E-state index in [-0.39, 0.29) is 6.10 Å². The van der Waals surface area contributed by atoms with Gasteiger partial charge in [-0.1, -0.05) is 60.7 Å². The van der Waals surface area contributed by atoms with Gasteiger partial charge in [0.25, 0.3) is 0 Å². The average molecular weight is 376 g/mol. The molecule has 0 bridgehead atoms. The Balaban J connectivity index is 1.43. The highest BCUT2D eigenvalue weighted by Crippen LogP contribution is 2.29. The van der Waals surface area contributed by atoms with Crippen molar-refractivity contribution in [2.45, 2.75) is 31.5 Å². The van der Waals surface area contributed by atoms with Crippen LogP contribution < -0.4 is 5.32 Å². The third-order valence-electron chi connectivity index (χ3n) is 5.71. The summed E-state index contributed by atoms with van der Waals surface area (Å²) in [5.74, 6) is 0.443. The first-order valence-corrected chi connectivity index (χ1v) is 10.2. The van der Waals surface area contributed by atoms with E-state index in [1.165, 1.54) is 27.5 Å². The van der Waals surface area contributed by atoms with E-state index in [0.29, 0.717) is 12.5 Å². The van der Waals surface area contributed by atoms with Crippen LogP contribution in [0.3, 0.4) is 0 Å². The molecule has 1 saturated heterocycles. The van der Waals surface area contributed by atoms with E-state index >= 15 is 0 Å². The molecule has 3 nitrogen and oxygen atoms in total. The standard InChI is InChI=1S/C25H29NO2/c1-27-15-13-19-6-10-22(11-7-19)24-12-14-26-17-25(24)28-18-20-8-9-21-4-2-3-5-23(21)16-20/h2-11,16,24-26H,12-15,17-18H2,1H3. The van der Waals surface area contributed by atoms with Crippen molar-refractivity contribution in [1.82, 2.24) is 5.32 Å². The lowest BCUT2D eigenvalue weighted by Gasteiger charge is -2.32. The van der Waals surface area contributed by atoms with Crippen LogP contribution in [0.15, 0.2) is 66.7 Å². The average Bonchev–Trinajstić information content (AvgIpc) is 2.77. The van der Waals surface area contributed by atoms with Gasteiger partial charge in [-0.2, -0.15) is 0 Å². The van der Waals surface area contributed by atoms with Gasteiger partial charge in [0.15, 0.2) is 0 Å². The van der Waals surface area contributed by atoms with Crippen LogP contribution in [0.2, 0.25) is 0 Å². The third kappa shape index (κ3) is 4.61. The van der Waals surface area contributed by atoms with Gasteiger partial charge in [-0.05, 0) is 52.9 Å². The fraction of sp³-hybridized carbons (Fsp3) is 0.360. The number of rotatable bonds is 7. The SMILES string of the molecule is COCCc1ccc(C2CCNCC2OCc2ccc3ccccc3c2)cc1. The molecule has 3 aromatic rings. The lowest BCUT2D eigenvalue weighted by Crippen LogP contribution is -2.40. The van der Waals surface area contributed by atoms with Gasteiger partial charge in [0.2, 0.25) is 0 Å². The van der Waals surface area contributed by atoms with Crippen LogP contribution >= 0.6 is 0 Å². The van der Waals surface area contributed by atoms with E-state index in [4.69, 9.17) is 9.47 Å². The first kappa shape index (κ1) is 19.1. The van der Waals surface area contributed by atoms with E-state index in [1.54, 1.807) is 7.11 Å². The molecule has 2 atom stereocenters. The highest BCUT2D eigenvalue weighted by Gasteiger charge is 2.27. The smallest absolute Gasteiger partial charge is 0.0772 e. The van der Waals surface area contributed by atoms with Crippen molar-refractivity contribution in [3.05, 3.63) is 83.4 Å². The zero-order valence-corrected chi connectivity index (χ0v) is 16.6. The molecule has 28 heavy (non-hydrogen) atoms. The summed E-state index contributed by atoms with van der Waals surface area (Å²) in [6.45, 7) is 3.37. The van der Waals surface area contributed by atoms with Crippen molar-refractivity contribution in [2.24, 2.45) is 0 Å². The van der Waals surface area contributed by atoms with E-state index in [1.807, 2.05) is 0 Å². The van der Waals surface area contributed by atoms with Crippen LogP contribution in [0.5, 0.6) is 0 Å². The molecular weight excluding hydrogens is 346 g/mol. The first-order chi connectivity index (χ1) is 13.8. The highest BCUT2D eigenvalue weighted by atomic mass is 16.5. The van der Waals surface area contributed by atoms with Crippen LogP contribution in [0.25, 0.3) is 10.8 Å².